The minimum absolute atomic E-state index is 0.407. The quantitative estimate of drug-likeness (QED) is 0.651. The molecule has 1 unspecified atom stereocenters. The van der Waals surface area contributed by atoms with E-state index in [0.717, 1.165) is 12.8 Å². The molecule has 2 atom stereocenters. The van der Waals surface area contributed by atoms with Crippen LogP contribution in [0.15, 0.2) is 0 Å². The average molecular weight is 159 g/mol. The van der Waals surface area contributed by atoms with Gasteiger partial charge in [0.05, 0.1) is 0 Å². The Morgan fingerprint density at radius 3 is 2.55 bits per heavy atom. The Hall–Kier alpha value is -0.110. The SMILES string of the molecule is CC(C)N[C@H]1CCC(C)(F)C1. The molecule has 0 spiro atoms. The van der Waals surface area contributed by atoms with E-state index in [9.17, 15) is 4.39 Å². The molecule has 1 rings (SSSR count). The normalized spacial score (nSPS) is 38.5. The number of rotatable bonds is 2. The summed E-state index contributed by atoms with van der Waals surface area (Å²) in [4.78, 5) is 0. The van der Waals surface area contributed by atoms with Crippen LogP contribution in [0.5, 0.6) is 0 Å². The van der Waals surface area contributed by atoms with Gasteiger partial charge in [0.15, 0.2) is 0 Å². The van der Waals surface area contributed by atoms with Gasteiger partial charge in [-0.2, -0.15) is 0 Å². The zero-order valence-corrected chi connectivity index (χ0v) is 7.65. The molecule has 11 heavy (non-hydrogen) atoms. The second-order valence-electron chi connectivity index (χ2n) is 4.17. The van der Waals surface area contributed by atoms with Crippen LogP contribution >= 0.6 is 0 Å². The molecular weight excluding hydrogens is 141 g/mol. The zero-order valence-electron chi connectivity index (χ0n) is 7.65. The van der Waals surface area contributed by atoms with Crippen molar-refractivity contribution in [2.24, 2.45) is 0 Å². The molecular formula is C9H18FN. The van der Waals surface area contributed by atoms with Gasteiger partial charge in [0, 0.05) is 12.1 Å². The first-order chi connectivity index (χ1) is 4.99. The number of hydrogen-bond acceptors (Lipinski definition) is 1. The number of halogens is 1. The molecule has 0 aromatic heterocycles. The minimum Gasteiger partial charge on any atom is -0.312 e. The summed E-state index contributed by atoms with van der Waals surface area (Å²) in [6.45, 7) is 5.91. The zero-order chi connectivity index (χ0) is 8.48. The standard InChI is InChI=1S/C9H18FN/c1-7(2)11-8-4-5-9(3,10)6-8/h7-8,11H,4-6H2,1-3H3/t8-,9?/m0/s1. The molecule has 1 N–H and O–H groups in total. The summed E-state index contributed by atoms with van der Waals surface area (Å²) in [6.07, 6.45) is 2.40. The Labute approximate surface area is 68.4 Å². The molecule has 1 saturated carbocycles. The van der Waals surface area contributed by atoms with Crippen LogP contribution in [0.25, 0.3) is 0 Å². The predicted molar refractivity (Wildman–Crippen MR) is 45.4 cm³/mol. The van der Waals surface area contributed by atoms with Gasteiger partial charge in [-0.05, 0) is 26.2 Å². The van der Waals surface area contributed by atoms with Gasteiger partial charge < -0.3 is 5.32 Å². The van der Waals surface area contributed by atoms with E-state index in [-0.39, 0.29) is 0 Å². The molecule has 1 aliphatic carbocycles. The maximum Gasteiger partial charge on any atom is 0.109 e. The van der Waals surface area contributed by atoms with E-state index >= 15 is 0 Å². The Morgan fingerprint density at radius 2 is 2.18 bits per heavy atom. The van der Waals surface area contributed by atoms with Crippen molar-refractivity contribution in [3.05, 3.63) is 0 Å². The molecule has 1 nitrogen and oxygen atoms in total. The lowest BCUT2D eigenvalue weighted by Crippen LogP contribution is -2.33. The van der Waals surface area contributed by atoms with Crippen LogP contribution in [0.4, 0.5) is 4.39 Å². The van der Waals surface area contributed by atoms with Gasteiger partial charge in [-0.15, -0.1) is 0 Å². The van der Waals surface area contributed by atoms with E-state index in [4.69, 9.17) is 0 Å². The largest absolute Gasteiger partial charge is 0.312 e. The smallest absolute Gasteiger partial charge is 0.109 e. The van der Waals surface area contributed by atoms with Crippen LogP contribution < -0.4 is 5.32 Å². The van der Waals surface area contributed by atoms with Crippen LogP contribution in [0, 0.1) is 0 Å². The van der Waals surface area contributed by atoms with Gasteiger partial charge in [-0.25, -0.2) is 4.39 Å². The minimum atomic E-state index is -0.910. The van der Waals surface area contributed by atoms with Crippen molar-refractivity contribution in [2.75, 3.05) is 0 Å². The third-order valence-corrected chi connectivity index (χ3v) is 2.26. The summed E-state index contributed by atoms with van der Waals surface area (Å²) in [5.41, 5.74) is -0.910. The fourth-order valence-corrected chi connectivity index (χ4v) is 1.81. The van der Waals surface area contributed by atoms with Gasteiger partial charge in [0.2, 0.25) is 0 Å². The average Bonchev–Trinajstić information content (AvgIpc) is 2.08. The molecule has 0 amide bonds. The van der Waals surface area contributed by atoms with Crippen molar-refractivity contribution in [2.45, 2.75) is 57.8 Å². The second kappa shape index (κ2) is 3.10. The van der Waals surface area contributed by atoms with Crippen LogP contribution in [0.1, 0.15) is 40.0 Å². The van der Waals surface area contributed by atoms with Gasteiger partial charge >= 0.3 is 0 Å². The molecule has 1 fully saturated rings. The van der Waals surface area contributed by atoms with E-state index in [1.54, 1.807) is 6.92 Å². The Kier molecular flexibility index (Phi) is 2.53. The summed E-state index contributed by atoms with van der Waals surface area (Å²) in [5.74, 6) is 0. The van der Waals surface area contributed by atoms with Gasteiger partial charge in [-0.3, -0.25) is 0 Å². The van der Waals surface area contributed by atoms with E-state index in [1.807, 2.05) is 0 Å². The van der Waals surface area contributed by atoms with E-state index < -0.39 is 5.67 Å². The summed E-state index contributed by atoms with van der Waals surface area (Å²) in [7, 11) is 0. The summed E-state index contributed by atoms with van der Waals surface area (Å²) in [5, 5.41) is 3.36. The topological polar surface area (TPSA) is 12.0 Å². The van der Waals surface area contributed by atoms with Crippen molar-refractivity contribution in [1.29, 1.82) is 0 Å². The molecule has 1 aliphatic rings. The lowest BCUT2D eigenvalue weighted by atomic mass is 10.1. The summed E-state index contributed by atoms with van der Waals surface area (Å²) >= 11 is 0. The molecule has 0 radical (unpaired) electrons. The van der Waals surface area contributed by atoms with E-state index in [2.05, 4.69) is 19.2 Å². The Morgan fingerprint density at radius 1 is 1.55 bits per heavy atom. The molecule has 0 bridgehead atoms. The summed E-state index contributed by atoms with van der Waals surface area (Å²) in [6, 6.07) is 0.888. The van der Waals surface area contributed by atoms with Crippen molar-refractivity contribution in [3.8, 4) is 0 Å². The number of hydrogen-bond donors (Lipinski definition) is 1. The molecule has 2 heteroatoms. The lowest BCUT2D eigenvalue weighted by Gasteiger charge is -2.16. The van der Waals surface area contributed by atoms with Crippen molar-refractivity contribution in [3.63, 3.8) is 0 Å². The number of alkyl halides is 1. The highest BCUT2D eigenvalue weighted by atomic mass is 19.1. The maximum atomic E-state index is 13.3. The Bertz CT molecular complexity index is 132. The highest BCUT2D eigenvalue weighted by molar-refractivity contribution is 4.90. The first kappa shape index (κ1) is 8.98. The third-order valence-electron chi connectivity index (χ3n) is 2.26. The number of nitrogens with one attached hydrogen (secondary N) is 1. The van der Waals surface area contributed by atoms with Crippen molar-refractivity contribution >= 4 is 0 Å². The molecule has 66 valence electrons. The van der Waals surface area contributed by atoms with Crippen LogP contribution in [0.2, 0.25) is 0 Å². The fraction of sp³-hybridized carbons (Fsp3) is 1.00. The molecule has 0 aliphatic heterocycles. The highest BCUT2D eigenvalue weighted by Gasteiger charge is 2.34. The van der Waals surface area contributed by atoms with E-state index in [1.165, 1.54) is 0 Å². The maximum absolute atomic E-state index is 13.3. The van der Waals surface area contributed by atoms with Crippen LogP contribution in [-0.4, -0.2) is 17.8 Å². The third kappa shape index (κ3) is 2.78. The highest BCUT2D eigenvalue weighted by Crippen LogP contribution is 2.32. The summed E-state index contributed by atoms with van der Waals surface area (Å²) < 4.78 is 13.3. The first-order valence-electron chi connectivity index (χ1n) is 4.44. The molecule has 0 aromatic rings. The molecule has 0 aromatic carbocycles. The van der Waals surface area contributed by atoms with Gasteiger partial charge in [-0.1, -0.05) is 13.8 Å². The van der Waals surface area contributed by atoms with Crippen LogP contribution in [0.3, 0.4) is 0 Å². The first-order valence-corrected chi connectivity index (χ1v) is 4.44. The van der Waals surface area contributed by atoms with E-state index in [0.29, 0.717) is 18.5 Å². The monoisotopic (exact) mass is 159 g/mol. The van der Waals surface area contributed by atoms with Crippen molar-refractivity contribution in [1.82, 2.24) is 5.32 Å². The lowest BCUT2D eigenvalue weighted by molar-refractivity contribution is 0.194. The van der Waals surface area contributed by atoms with Gasteiger partial charge in [0.1, 0.15) is 5.67 Å². The van der Waals surface area contributed by atoms with Gasteiger partial charge in [0.25, 0.3) is 0 Å². The van der Waals surface area contributed by atoms with Crippen LogP contribution in [-0.2, 0) is 0 Å². The van der Waals surface area contributed by atoms with Crippen molar-refractivity contribution < 1.29 is 4.39 Å². The predicted octanol–water partition coefficient (Wildman–Crippen LogP) is 2.27. The Balaban J connectivity index is 2.31. The molecule has 0 heterocycles. The molecule has 0 saturated heterocycles. The second-order valence-corrected chi connectivity index (χ2v) is 4.17. The fourth-order valence-electron chi connectivity index (χ4n) is 1.81.